The monoisotopic (exact) mass is 267 g/mol. The van der Waals surface area contributed by atoms with Gasteiger partial charge in [0.25, 0.3) is 0 Å². The second-order valence-electron chi connectivity index (χ2n) is 2.97. The molecule has 1 aromatic heterocycles. The van der Waals surface area contributed by atoms with Crippen LogP contribution in [-0.2, 0) is 0 Å². The minimum Gasteiger partial charge on any atom is -0.213 e. The van der Waals surface area contributed by atoms with Crippen molar-refractivity contribution >= 4 is 34.9 Å². The van der Waals surface area contributed by atoms with Gasteiger partial charge in [-0.25, -0.2) is 4.98 Å². The highest BCUT2D eigenvalue weighted by Crippen LogP contribution is 2.34. The van der Waals surface area contributed by atoms with Crippen LogP contribution in [0, 0.1) is 18.3 Å². The standard InChI is InChI=1S/C10H6ClN3S2/c1-6-13-10(16-14-6)15-9-3-2-7(5-12)4-8(9)11/h2-4H,1H3. The third-order valence-corrected chi connectivity index (χ3v) is 4.11. The summed E-state index contributed by atoms with van der Waals surface area (Å²) in [6, 6.07) is 7.25. The fourth-order valence-electron chi connectivity index (χ4n) is 1.07. The average Bonchev–Trinajstić information content (AvgIpc) is 2.67. The van der Waals surface area contributed by atoms with Crippen LogP contribution in [0.1, 0.15) is 11.4 Å². The molecule has 0 unspecified atom stereocenters. The highest BCUT2D eigenvalue weighted by Gasteiger charge is 2.07. The number of rotatable bonds is 2. The number of nitriles is 1. The molecule has 0 atom stereocenters. The average molecular weight is 268 g/mol. The van der Waals surface area contributed by atoms with Crippen LogP contribution < -0.4 is 0 Å². The lowest BCUT2D eigenvalue weighted by atomic mass is 10.2. The van der Waals surface area contributed by atoms with Crippen LogP contribution in [0.15, 0.2) is 27.4 Å². The van der Waals surface area contributed by atoms with E-state index >= 15 is 0 Å². The van der Waals surface area contributed by atoms with Crippen LogP contribution in [0.25, 0.3) is 0 Å². The maximum atomic E-state index is 8.71. The first-order chi connectivity index (χ1) is 7.69. The number of aryl methyl sites for hydroxylation is 1. The zero-order valence-electron chi connectivity index (χ0n) is 8.27. The topological polar surface area (TPSA) is 49.6 Å². The molecule has 0 spiro atoms. The quantitative estimate of drug-likeness (QED) is 0.835. The van der Waals surface area contributed by atoms with Crippen LogP contribution >= 0.6 is 34.9 Å². The molecule has 0 N–H and O–H groups in total. The maximum absolute atomic E-state index is 8.71. The van der Waals surface area contributed by atoms with Crippen molar-refractivity contribution in [1.29, 1.82) is 5.26 Å². The van der Waals surface area contributed by atoms with E-state index in [0.29, 0.717) is 10.6 Å². The Morgan fingerprint density at radius 2 is 2.31 bits per heavy atom. The molecule has 0 bridgehead atoms. The Bertz CT molecular complexity index is 559. The molecule has 2 rings (SSSR count). The smallest absolute Gasteiger partial charge is 0.174 e. The molecule has 3 nitrogen and oxygen atoms in total. The van der Waals surface area contributed by atoms with Crippen LogP contribution in [0.4, 0.5) is 0 Å². The van der Waals surface area contributed by atoms with Gasteiger partial charge in [0.2, 0.25) is 0 Å². The number of benzene rings is 1. The molecule has 0 saturated heterocycles. The molecule has 0 aliphatic carbocycles. The minimum absolute atomic E-state index is 0.558. The molecule has 0 fully saturated rings. The van der Waals surface area contributed by atoms with E-state index in [2.05, 4.69) is 9.36 Å². The third kappa shape index (κ3) is 2.53. The molecule has 0 aliphatic rings. The van der Waals surface area contributed by atoms with Crippen molar-refractivity contribution in [3.8, 4) is 6.07 Å². The number of hydrogen-bond donors (Lipinski definition) is 0. The fraction of sp³-hybridized carbons (Fsp3) is 0.100. The Labute approximate surface area is 106 Å². The van der Waals surface area contributed by atoms with Gasteiger partial charge < -0.3 is 0 Å². The molecule has 1 aromatic carbocycles. The summed E-state index contributed by atoms with van der Waals surface area (Å²) in [4.78, 5) is 5.12. The molecule has 16 heavy (non-hydrogen) atoms. The summed E-state index contributed by atoms with van der Waals surface area (Å²) in [5, 5.41) is 9.28. The molecule has 6 heteroatoms. The van der Waals surface area contributed by atoms with Crippen LogP contribution in [0.5, 0.6) is 0 Å². The van der Waals surface area contributed by atoms with E-state index in [-0.39, 0.29) is 0 Å². The van der Waals surface area contributed by atoms with Gasteiger partial charge in [-0.2, -0.15) is 9.64 Å². The van der Waals surface area contributed by atoms with E-state index in [4.69, 9.17) is 16.9 Å². The third-order valence-electron chi connectivity index (χ3n) is 1.77. The van der Waals surface area contributed by atoms with Crippen LogP contribution in [0.3, 0.4) is 0 Å². The van der Waals surface area contributed by atoms with Gasteiger partial charge in [-0.15, -0.1) is 0 Å². The normalized spacial score (nSPS) is 10.1. The van der Waals surface area contributed by atoms with E-state index in [1.807, 2.05) is 19.1 Å². The Morgan fingerprint density at radius 1 is 1.50 bits per heavy atom. The molecule has 1 heterocycles. The van der Waals surface area contributed by atoms with Crippen molar-refractivity contribution in [2.24, 2.45) is 0 Å². The first-order valence-electron chi connectivity index (χ1n) is 4.37. The lowest BCUT2D eigenvalue weighted by Gasteiger charge is -2.00. The van der Waals surface area contributed by atoms with Crippen molar-refractivity contribution in [1.82, 2.24) is 9.36 Å². The number of halogens is 1. The summed E-state index contributed by atoms with van der Waals surface area (Å²) in [6.45, 7) is 1.85. The zero-order valence-corrected chi connectivity index (χ0v) is 10.7. The molecular weight excluding hydrogens is 262 g/mol. The first kappa shape index (κ1) is 11.4. The largest absolute Gasteiger partial charge is 0.213 e. The predicted molar refractivity (Wildman–Crippen MR) is 64.9 cm³/mol. The van der Waals surface area contributed by atoms with Gasteiger partial charge >= 0.3 is 0 Å². The van der Waals surface area contributed by atoms with Gasteiger partial charge in [0, 0.05) is 4.90 Å². The van der Waals surface area contributed by atoms with Gasteiger partial charge in [-0.3, -0.25) is 0 Å². The van der Waals surface area contributed by atoms with Gasteiger partial charge in [-0.05, 0) is 36.7 Å². The molecular formula is C10H6ClN3S2. The minimum atomic E-state index is 0.558. The van der Waals surface area contributed by atoms with Crippen LogP contribution in [-0.4, -0.2) is 9.36 Å². The molecule has 0 aliphatic heterocycles. The molecule has 80 valence electrons. The highest BCUT2D eigenvalue weighted by molar-refractivity contribution is 8.01. The summed E-state index contributed by atoms with van der Waals surface area (Å²) in [7, 11) is 0. The number of aromatic nitrogens is 2. The Kier molecular flexibility index (Phi) is 3.44. The Hall–Kier alpha value is -1.09. The SMILES string of the molecule is Cc1nsc(Sc2ccc(C#N)cc2Cl)n1. The van der Waals surface area contributed by atoms with E-state index in [9.17, 15) is 0 Å². The summed E-state index contributed by atoms with van der Waals surface area (Å²) in [5.41, 5.74) is 0.558. The zero-order chi connectivity index (χ0) is 11.5. The number of nitrogens with zero attached hydrogens (tertiary/aromatic N) is 3. The Balaban J connectivity index is 2.26. The van der Waals surface area contributed by atoms with E-state index in [0.717, 1.165) is 15.1 Å². The van der Waals surface area contributed by atoms with E-state index < -0.39 is 0 Å². The van der Waals surface area contributed by atoms with Crippen molar-refractivity contribution in [3.05, 3.63) is 34.6 Å². The van der Waals surface area contributed by atoms with E-state index in [1.165, 1.54) is 23.3 Å². The van der Waals surface area contributed by atoms with Crippen molar-refractivity contribution in [2.75, 3.05) is 0 Å². The summed E-state index contributed by atoms with van der Waals surface area (Å²) in [6.07, 6.45) is 0. The molecule has 0 amide bonds. The van der Waals surface area contributed by atoms with Crippen molar-refractivity contribution in [2.45, 2.75) is 16.2 Å². The molecule has 2 aromatic rings. The van der Waals surface area contributed by atoms with Crippen molar-refractivity contribution < 1.29 is 0 Å². The van der Waals surface area contributed by atoms with Crippen molar-refractivity contribution in [3.63, 3.8) is 0 Å². The summed E-state index contributed by atoms with van der Waals surface area (Å²) < 4.78 is 4.94. The summed E-state index contributed by atoms with van der Waals surface area (Å²) >= 11 is 8.85. The maximum Gasteiger partial charge on any atom is 0.174 e. The molecule has 0 saturated carbocycles. The second-order valence-corrected chi connectivity index (χ2v) is 5.41. The second kappa shape index (κ2) is 4.83. The predicted octanol–water partition coefficient (Wildman–Crippen LogP) is 3.52. The van der Waals surface area contributed by atoms with Gasteiger partial charge in [0.15, 0.2) is 4.34 Å². The summed E-state index contributed by atoms with van der Waals surface area (Å²) in [5.74, 6) is 0.761. The van der Waals surface area contributed by atoms with Gasteiger partial charge in [0.1, 0.15) is 5.82 Å². The van der Waals surface area contributed by atoms with Crippen LogP contribution in [0.2, 0.25) is 5.02 Å². The highest BCUT2D eigenvalue weighted by atomic mass is 35.5. The number of hydrogen-bond acceptors (Lipinski definition) is 5. The van der Waals surface area contributed by atoms with Gasteiger partial charge in [-0.1, -0.05) is 23.4 Å². The first-order valence-corrected chi connectivity index (χ1v) is 6.33. The fourth-order valence-corrected chi connectivity index (χ4v) is 2.98. The van der Waals surface area contributed by atoms with Gasteiger partial charge in [0.05, 0.1) is 16.7 Å². The van der Waals surface area contributed by atoms with E-state index in [1.54, 1.807) is 12.1 Å². The molecule has 0 radical (unpaired) electrons. The Morgan fingerprint density at radius 3 is 2.88 bits per heavy atom. The lowest BCUT2D eigenvalue weighted by Crippen LogP contribution is -1.79. The lowest BCUT2D eigenvalue weighted by molar-refractivity contribution is 1.10.